The van der Waals surface area contributed by atoms with Gasteiger partial charge in [0.15, 0.2) is 17.0 Å². The van der Waals surface area contributed by atoms with E-state index in [1.165, 1.54) is 6.07 Å². The fraction of sp³-hybridized carbons (Fsp3) is 0.118. The normalized spacial score (nSPS) is 10.6. The summed E-state index contributed by atoms with van der Waals surface area (Å²) in [6.07, 6.45) is 1.58. The summed E-state index contributed by atoms with van der Waals surface area (Å²) in [7, 11) is 0. The molecule has 2 aromatic heterocycles. The van der Waals surface area contributed by atoms with Gasteiger partial charge in [-0.05, 0) is 34.1 Å². The van der Waals surface area contributed by atoms with Gasteiger partial charge in [0, 0.05) is 22.7 Å². The predicted octanol–water partition coefficient (Wildman–Crippen LogP) is 2.68. The summed E-state index contributed by atoms with van der Waals surface area (Å²) in [5, 5.41) is 3.12. The first-order valence-corrected chi connectivity index (χ1v) is 8.12. The van der Waals surface area contributed by atoms with E-state index < -0.39 is 18.5 Å². The Morgan fingerprint density at radius 1 is 1.16 bits per heavy atom. The van der Waals surface area contributed by atoms with Gasteiger partial charge in [-0.3, -0.25) is 14.4 Å². The van der Waals surface area contributed by atoms with Crippen LogP contribution in [0.4, 0.5) is 0 Å². The Morgan fingerprint density at radius 3 is 2.72 bits per heavy atom. The van der Waals surface area contributed by atoms with Gasteiger partial charge >= 0.3 is 5.97 Å². The molecule has 0 unspecified atom stereocenters. The molecule has 0 bridgehead atoms. The van der Waals surface area contributed by atoms with Gasteiger partial charge in [-0.2, -0.15) is 0 Å². The Kier molecular flexibility index (Phi) is 4.99. The molecule has 0 aliphatic carbocycles. The van der Waals surface area contributed by atoms with Crippen LogP contribution in [0.5, 0.6) is 0 Å². The summed E-state index contributed by atoms with van der Waals surface area (Å²) < 4.78 is 10.4. The van der Waals surface area contributed by atoms with Crippen molar-refractivity contribution >= 4 is 44.5 Å². The van der Waals surface area contributed by atoms with Crippen LogP contribution in [-0.4, -0.2) is 35.8 Å². The number of aromatic nitrogens is 1. The molecule has 1 amide bonds. The quantitative estimate of drug-likeness (QED) is 0.485. The molecule has 8 heteroatoms. The molecular weight excluding hydrogens is 392 g/mol. The lowest BCUT2D eigenvalue weighted by Crippen LogP contribution is -2.31. The van der Waals surface area contributed by atoms with E-state index in [4.69, 9.17) is 9.15 Å². The number of benzene rings is 1. The Morgan fingerprint density at radius 2 is 1.96 bits per heavy atom. The van der Waals surface area contributed by atoms with Gasteiger partial charge < -0.3 is 19.5 Å². The summed E-state index contributed by atoms with van der Waals surface area (Å²) in [6, 6.07) is 10.4. The van der Waals surface area contributed by atoms with Crippen LogP contribution < -0.4 is 5.32 Å². The number of rotatable bonds is 6. The Labute approximate surface area is 150 Å². The molecule has 3 aromatic rings. The summed E-state index contributed by atoms with van der Waals surface area (Å²) in [5.74, 6) is -1.53. The monoisotopic (exact) mass is 404 g/mol. The number of carbonyl (C=O) groups excluding carboxylic acids is 3. The number of nitrogens with one attached hydrogen (secondary N) is 2. The molecule has 0 aliphatic heterocycles. The van der Waals surface area contributed by atoms with Crippen LogP contribution in [0.15, 0.2) is 51.7 Å². The topological polar surface area (TPSA) is 101 Å². The zero-order valence-electron chi connectivity index (χ0n) is 12.9. The third-order valence-corrected chi connectivity index (χ3v) is 3.87. The highest BCUT2D eigenvalue weighted by Gasteiger charge is 2.16. The highest BCUT2D eigenvalue weighted by atomic mass is 79.9. The van der Waals surface area contributed by atoms with Gasteiger partial charge in [-0.15, -0.1) is 0 Å². The molecule has 2 heterocycles. The summed E-state index contributed by atoms with van der Waals surface area (Å²) in [6.45, 7) is -0.763. The van der Waals surface area contributed by atoms with Gasteiger partial charge in [-0.1, -0.05) is 18.2 Å². The minimum atomic E-state index is -0.716. The average Bonchev–Trinajstić information content (AvgIpc) is 3.23. The number of hydrogen-bond donors (Lipinski definition) is 2. The molecule has 0 fully saturated rings. The average molecular weight is 405 g/mol. The third-order valence-electron chi connectivity index (χ3n) is 3.44. The number of fused-ring (bicyclic) bond motifs is 1. The first-order valence-electron chi connectivity index (χ1n) is 7.33. The van der Waals surface area contributed by atoms with Crippen molar-refractivity contribution in [1.29, 1.82) is 0 Å². The largest absolute Gasteiger partial charge is 0.456 e. The highest BCUT2D eigenvalue weighted by molar-refractivity contribution is 9.10. The van der Waals surface area contributed by atoms with Crippen molar-refractivity contribution in [2.45, 2.75) is 0 Å². The fourth-order valence-electron chi connectivity index (χ4n) is 2.25. The van der Waals surface area contributed by atoms with E-state index in [0.29, 0.717) is 10.2 Å². The molecule has 0 spiro atoms. The van der Waals surface area contributed by atoms with Crippen LogP contribution >= 0.6 is 15.9 Å². The Bertz CT molecular complexity index is 943. The van der Waals surface area contributed by atoms with E-state index in [1.807, 2.05) is 24.3 Å². The minimum absolute atomic E-state index is 0.0644. The number of para-hydroxylation sites is 1. The number of aromatic amines is 1. The molecule has 1 aromatic carbocycles. The zero-order chi connectivity index (χ0) is 17.8. The van der Waals surface area contributed by atoms with Crippen LogP contribution in [0, 0.1) is 0 Å². The first-order chi connectivity index (χ1) is 12.0. The van der Waals surface area contributed by atoms with Gasteiger partial charge in [0.25, 0.3) is 5.91 Å². The number of hydrogen-bond acceptors (Lipinski definition) is 5. The van der Waals surface area contributed by atoms with Crippen molar-refractivity contribution in [3.8, 4) is 0 Å². The molecule has 3 rings (SSSR count). The van der Waals surface area contributed by atoms with Crippen LogP contribution in [0.3, 0.4) is 0 Å². The third kappa shape index (κ3) is 3.97. The van der Waals surface area contributed by atoms with E-state index in [9.17, 15) is 14.4 Å². The van der Waals surface area contributed by atoms with E-state index >= 15 is 0 Å². The summed E-state index contributed by atoms with van der Waals surface area (Å²) in [5.41, 5.74) is 1.28. The molecule has 7 nitrogen and oxygen atoms in total. The van der Waals surface area contributed by atoms with Crippen molar-refractivity contribution in [1.82, 2.24) is 10.3 Å². The Balaban J connectivity index is 1.50. The second-order valence-corrected chi connectivity index (χ2v) is 5.90. The molecule has 0 aliphatic rings. The number of ether oxygens (including phenoxy) is 1. The zero-order valence-corrected chi connectivity index (χ0v) is 14.5. The summed E-state index contributed by atoms with van der Waals surface area (Å²) in [4.78, 5) is 38.6. The van der Waals surface area contributed by atoms with Gasteiger partial charge in [0.2, 0.25) is 5.78 Å². The standard InChI is InChI=1S/C17H13BrN2O5/c18-15-6-5-14(25-15)17(23)20-8-16(22)24-9-13(21)11-7-19-12-4-2-1-3-10(11)12/h1-7,19H,8-9H2,(H,20,23). The number of furan rings is 1. The smallest absolute Gasteiger partial charge is 0.325 e. The number of ketones is 1. The van der Waals surface area contributed by atoms with Crippen molar-refractivity contribution in [3.05, 3.63) is 58.6 Å². The van der Waals surface area contributed by atoms with Crippen LogP contribution in [0.1, 0.15) is 20.9 Å². The van der Waals surface area contributed by atoms with Crippen molar-refractivity contribution in [2.75, 3.05) is 13.2 Å². The molecule has 128 valence electrons. The lowest BCUT2D eigenvalue weighted by molar-refractivity contribution is -0.141. The van der Waals surface area contributed by atoms with E-state index in [2.05, 4.69) is 26.2 Å². The molecule has 0 saturated heterocycles. The molecule has 2 N–H and O–H groups in total. The number of halogens is 1. The van der Waals surface area contributed by atoms with Crippen molar-refractivity contribution < 1.29 is 23.5 Å². The summed E-state index contributed by atoms with van der Waals surface area (Å²) >= 11 is 3.08. The van der Waals surface area contributed by atoms with Gasteiger partial charge in [0.05, 0.1) is 0 Å². The number of carbonyl (C=O) groups is 3. The van der Waals surface area contributed by atoms with E-state index in [0.717, 1.165) is 10.9 Å². The lowest BCUT2D eigenvalue weighted by atomic mass is 10.1. The van der Waals surface area contributed by atoms with E-state index in [-0.39, 0.29) is 18.1 Å². The molecule has 0 saturated carbocycles. The maximum absolute atomic E-state index is 12.2. The predicted molar refractivity (Wildman–Crippen MR) is 92.3 cm³/mol. The Hall–Kier alpha value is -2.87. The number of esters is 1. The van der Waals surface area contributed by atoms with Crippen molar-refractivity contribution in [3.63, 3.8) is 0 Å². The molecule has 0 radical (unpaired) electrons. The second-order valence-electron chi connectivity index (χ2n) is 5.12. The lowest BCUT2D eigenvalue weighted by Gasteiger charge is -2.05. The van der Waals surface area contributed by atoms with Crippen LogP contribution in [0.2, 0.25) is 0 Å². The number of amides is 1. The van der Waals surface area contributed by atoms with Crippen LogP contribution in [0.25, 0.3) is 10.9 Å². The highest BCUT2D eigenvalue weighted by Crippen LogP contribution is 2.18. The maximum atomic E-state index is 12.2. The number of Topliss-reactive ketones (excluding diaryl/α,β-unsaturated/α-hetero) is 1. The van der Waals surface area contributed by atoms with E-state index in [1.54, 1.807) is 12.3 Å². The maximum Gasteiger partial charge on any atom is 0.325 e. The minimum Gasteiger partial charge on any atom is -0.456 e. The molecule has 0 atom stereocenters. The molecular formula is C17H13BrN2O5. The van der Waals surface area contributed by atoms with Gasteiger partial charge in [-0.25, -0.2) is 0 Å². The number of H-pyrrole nitrogens is 1. The molecule has 25 heavy (non-hydrogen) atoms. The SMILES string of the molecule is O=C(CNC(=O)c1ccc(Br)o1)OCC(=O)c1c[nH]c2ccccc12. The van der Waals surface area contributed by atoms with Gasteiger partial charge in [0.1, 0.15) is 6.54 Å². The first kappa shape index (κ1) is 17.0. The second kappa shape index (κ2) is 7.35. The van der Waals surface area contributed by atoms with Crippen LogP contribution in [-0.2, 0) is 9.53 Å². The van der Waals surface area contributed by atoms with Crippen molar-refractivity contribution in [2.24, 2.45) is 0 Å². The fourth-order valence-corrected chi connectivity index (χ4v) is 2.56.